The van der Waals surface area contributed by atoms with Gasteiger partial charge in [-0.2, -0.15) is 0 Å². The summed E-state index contributed by atoms with van der Waals surface area (Å²) in [5.41, 5.74) is 1.33. The van der Waals surface area contributed by atoms with E-state index < -0.39 is 11.8 Å². The second-order valence-electron chi connectivity index (χ2n) is 6.60. The van der Waals surface area contributed by atoms with E-state index in [9.17, 15) is 9.59 Å². The maximum atomic E-state index is 12.1. The molecule has 0 heterocycles. The Labute approximate surface area is 159 Å². The number of nitrogens with one attached hydrogen (secondary N) is 2. The third kappa shape index (κ3) is 6.66. The van der Waals surface area contributed by atoms with Crippen molar-refractivity contribution in [2.24, 2.45) is 0 Å². The lowest BCUT2D eigenvalue weighted by Gasteiger charge is -2.14. The highest BCUT2D eigenvalue weighted by molar-refractivity contribution is 6.39. The van der Waals surface area contributed by atoms with Crippen LogP contribution in [-0.4, -0.2) is 24.0 Å². The molecule has 0 atom stereocenters. The Hall–Kier alpha value is -3.02. The maximum absolute atomic E-state index is 12.1. The Kier molecular flexibility index (Phi) is 7.23. The van der Waals surface area contributed by atoms with Gasteiger partial charge in [-0.15, -0.1) is 0 Å². The number of para-hydroxylation sites is 1. The molecule has 0 saturated heterocycles. The van der Waals surface area contributed by atoms with Crippen LogP contribution in [0.15, 0.2) is 48.5 Å². The zero-order valence-corrected chi connectivity index (χ0v) is 16.1. The molecule has 0 saturated carbocycles. The standard InChI is InChI=1S/C21H26N2O4/c1-14(2)26-18-11-9-17(10-12-18)23-21(25)20(24)22-13-16-7-5-6-8-19(16)27-15(3)4/h5-12,14-15H,13H2,1-4H3,(H,22,24)(H,23,25). The van der Waals surface area contributed by atoms with E-state index >= 15 is 0 Å². The van der Waals surface area contributed by atoms with Crippen LogP contribution in [0, 0.1) is 0 Å². The summed E-state index contributed by atoms with van der Waals surface area (Å²) in [5.74, 6) is -0.0465. The van der Waals surface area contributed by atoms with E-state index in [1.54, 1.807) is 24.3 Å². The second kappa shape index (κ2) is 9.62. The highest BCUT2D eigenvalue weighted by atomic mass is 16.5. The summed E-state index contributed by atoms with van der Waals surface area (Å²) in [5, 5.41) is 5.18. The summed E-state index contributed by atoms with van der Waals surface area (Å²) in [6, 6.07) is 14.3. The Morgan fingerprint density at radius 3 is 2.11 bits per heavy atom. The molecule has 2 rings (SSSR count). The number of ether oxygens (including phenoxy) is 2. The van der Waals surface area contributed by atoms with Crippen LogP contribution in [0.2, 0.25) is 0 Å². The summed E-state index contributed by atoms with van der Waals surface area (Å²) >= 11 is 0. The predicted octanol–water partition coefficient (Wildman–Crippen LogP) is 3.52. The molecule has 6 heteroatoms. The van der Waals surface area contributed by atoms with Gasteiger partial charge >= 0.3 is 11.8 Å². The number of benzene rings is 2. The molecule has 0 radical (unpaired) electrons. The fraction of sp³-hybridized carbons (Fsp3) is 0.333. The fourth-order valence-corrected chi connectivity index (χ4v) is 2.35. The summed E-state index contributed by atoms with van der Waals surface area (Å²) in [7, 11) is 0. The van der Waals surface area contributed by atoms with Gasteiger partial charge in [0.1, 0.15) is 11.5 Å². The van der Waals surface area contributed by atoms with Gasteiger partial charge in [-0.1, -0.05) is 18.2 Å². The van der Waals surface area contributed by atoms with E-state index in [0.29, 0.717) is 17.2 Å². The molecule has 0 bridgehead atoms. The highest BCUT2D eigenvalue weighted by Gasteiger charge is 2.15. The van der Waals surface area contributed by atoms with Crippen LogP contribution in [0.5, 0.6) is 11.5 Å². The van der Waals surface area contributed by atoms with Gasteiger partial charge in [0.25, 0.3) is 0 Å². The molecule has 144 valence electrons. The predicted molar refractivity (Wildman–Crippen MR) is 105 cm³/mol. The molecule has 2 N–H and O–H groups in total. The molecule has 0 aromatic heterocycles. The van der Waals surface area contributed by atoms with Crippen LogP contribution in [0.1, 0.15) is 33.3 Å². The van der Waals surface area contributed by atoms with Crippen LogP contribution in [-0.2, 0) is 16.1 Å². The molecule has 2 amide bonds. The van der Waals surface area contributed by atoms with Crippen molar-refractivity contribution in [1.82, 2.24) is 5.32 Å². The smallest absolute Gasteiger partial charge is 0.313 e. The van der Waals surface area contributed by atoms with E-state index in [-0.39, 0.29) is 18.8 Å². The lowest BCUT2D eigenvalue weighted by molar-refractivity contribution is -0.136. The number of hydrogen-bond acceptors (Lipinski definition) is 4. The highest BCUT2D eigenvalue weighted by Crippen LogP contribution is 2.19. The SMILES string of the molecule is CC(C)Oc1ccc(NC(=O)C(=O)NCc2ccccc2OC(C)C)cc1. The molecule has 0 aliphatic rings. The minimum Gasteiger partial charge on any atom is -0.491 e. The van der Waals surface area contributed by atoms with Gasteiger partial charge in [0.05, 0.1) is 12.2 Å². The first-order valence-electron chi connectivity index (χ1n) is 8.95. The molecule has 27 heavy (non-hydrogen) atoms. The maximum Gasteiger partial charge on any atom is 0.313 e. The topological polar surface area (TPSA) is 76.7 Å². The summed E-state index contributed by atoms with van der Waals surface area (Å²) in [6.07, 6.45) is 0.0894. The van der Waals surface area contributed by atoms with Crippen molar-refractivity contribution in [2.45, 2.75) is 46.4 Å². The normalized spacial score (nSPS) is 10.6. The van der Waals surface area contributed by atoms with Crippen molar-refractivity contribution in [3.8, 4) is 11.5 Å². The van der Waals surface area contributed by atoms with Crippen LogP contribution in [0.25, 0.3) is 0 Å². The van der Waals surface area contributed by atoms with Gasteiger partial charge in [-0.3, -0.25) is 9.59 Å². The van der Waals surface area contributed by atoms with E-state index in [4.69, 9.17) is 9.47 Å². The van der Waals surface area contributed by atoms with Crippen LogP contribution in [0.3, 0.4) is 0 Å². The second-order valence-corrected chi connectivity index (χ2v) is 6.60. The molecule has 0 aliphatic heterocycles. The van der Waals surface area contributed by atoms with Gasteiger partial charge in [0.2, 0.25) is 0 Å². The van der Waals surface area contributed by atoms with Crippen molar-refractivity contribution in [3.05, 3.63) is 54.1 Å². The minimum atomic E-state index is -0.727. The van der Waals surface area contributed by atoms with E-state index in [2.05, 4.69) is 10.6 Å². The molecule has 0 aliphatic carbocycles. The van der Waals surface area contributed by atoms with Gasteiger partial charge in [0.15, 0.2) is 0 Å². The Bertz CT molecular complexity index is 770. The van der Waals surface area contributed by atoms with Gasteiger partial charge < -0.3 is 20.1 Å². The molecule has 0 spiro atoms. The molecular weight excluding hydrogens is 344 g/mol. The van der Waals surface area contributed by atoms with Crippen molar-refractivity contribution >= 4 is 17.5 Å². The third-order valence-corrected chi connectivity index (χ3v) is 3.46. The first-order chi connectivity index (χ1) is 12.8. The van der Waals surface area contributed by atoms with E-state index in [1.807, 2.05) is 52.0 Å². The molecule has 0 unspecified atom stereocenters. The largest absolute Gasteiger partial charge is 0.491 e. The number of carbonyl (C=O) groups excluding carboxylic acids is 2. The van der Waals surface area contributed by atoms with E-state index in [0.717, 1.165) is 5.56 Å². The lowest BCUT2D eigenvalue weighted by Crippen LogP contribution is -2.35. The van der Waals surface area contributed by atoms with Crippen molar-refractivity contribution < 1.29 is 19.1 Å². The van der Waals surface area contributed by atoms with Crippen LogP contribution >= 0.6 is 0 Å². The number of amides is 2. The summed E-state index contributed by atoms with van der Waals surface area (Å²) in [4.78, 5) is 24.2. The van der Waals surface area contributed by atoms with Crippen molar-refractivity contribution in [2.75, 3.05) is 5.32 Å². The molecular formula is C21H26N2O4. The molecule has 2 aromatic rings. The number of hydrogen-bond donors (Lipinski definition) is 2. The quantitative estimate of drug-likeness (QED) is 0.731. The average Bonchev–Trinajstić information content (AvgIpc) is 2.61. The van der Waals surface area contributed by atoms with Gasteiger partial charge in [-0.25, -0.2) is 0 Å². The monoisotopic (exact) mass is 370 g/mol. The van der Waals surface area contributed by atoms with Crippen molar-refractivity contribution in [3.63, 3.8) is 0 Å². The number of carbonyl (C=O) groups is 2. The van der Waals surface area contributed by atoms with Gasteiger partial charge in [0, 0.05) is 17.8 Å². The molecule has 2 aromatic carbocycles. The molecule has 0 fully saturated rings. The lowest BCUT2D eigenvalue weighted by atomic mass is 10.2. The first-order valence-corrected chi connectivity index (χ1v) is 8.95. The third-order valence-electron chi connectivity index (χ3n) is 3.46. The fourth-order valence-electron chi connectivity index (χ4n) is 2.35. The zero-order chi connectivity index (χ0) is 19.8. The van der Waals surface area contributed by atoms with E-state index in [1.165, 1.54) is 0 Å². The minimum absolute atomic E-state index is 0.0211. The van der Waals surface area contributed by atoms with Crippen LogP contribution < -0.4 is 20.1 Å². The average molecular weight is 370 g/mol. The van der Waals surface area contributed by atoms with Gasteiger partial charge in [-0.05, 0) is 58.0 Å². The summed E-state index contributed by atoms with van der Waals surface area (Å²) < 4.78 is 11.3. The zero-order valence-electron chi connectivity index (χ0n) is 16.1. The van der Waals surface area contributed by atoms with Crippen LogP contribution in [0.4, 0.5) is 5.69 Å². The Balaban J connectivity index is 1.90. The Morgan fingerprint density at radius 1 is 0.852 bits per heavy atom. The van der Waals surface area contributed by atoms with Crippen molar-refractivity contribution in [1.29, 1.82) is 0 Å². The number of rotatable bonds is 7. The summed E-state index contributed by atoms with van der Waals surface area (Å²) in [6.45, 7) is 7.94. The molecule has 6 nitrogen and oxygen atoms in total. The Morgan fingerprint density at radius 2 is 1.48 bits per heavy atom. The number of anilines is 1. The first kappa shape index (κ1) is 20.3.